The summed E-state index contributed by atoms with van der Waals surface area (Å²) in [5, 5.41) is 3.94. The Hall–Kier alpha value is -2.54. The first-order chi connectivity index (χ1) is 14.5. The Morgan fingerprint density at radius 2 is 1.83 bits per heavy atom. The van der Waals surface area contributed by atoms with Gasteiger partial charge in [-0.05, 0) is 49.2 Å². The van der Waals surface area contributed by atoms with E-state index in [-0.39, 0.29) is 17.8 Å². The predicted molar refractivity (Wildman–Crippen MR) is 119 cm³/mol. The summed E-state index contributed by atoms with van der Waals surface area (Å²) in [6, 6.07) is 15.8. The smallest absolute Gasteiger partial charge is 0.256 e. The number of nitrogens with one attached hydrogen (secondary N) is 1. The highest BCUT2D eigenvalue weighted by Gasteiger charge is 2.30. The van der Waals surface area contributed by atoms with Crippen LogP contribution in [-0.2, 0) is 4.74 Å². The number of anilines is 1. The molecule has 1 aliphatic rings. The van der Waals surface area contributed by atoms with Crippen molar-refractivity contribution < 1.29 is 13.9 Å². The molecular formula is C24H25FN2O2S. The van der Waals surface area contributed by atoms with Crippen LogP contribution in [0.25, 0.3) is 0 Å². The summed E-state index contributed by atoms with van der Waals surface area (Å²) < 4.78 is 19.7. The lowest BCUT2D eigenvalue weighted by atomic mass is 9.94. The number of hydrogen-bond donors (Lipinski definition) is 1. The summed E-state index contributed by atoms with van der Waals surface area (Å²) >= 11 is 1.57. The van der Waals surface area contributed by atoms with Crippen LogP contribution in [0.2, 0.25) is 0 Å². The summed E-state index contributed by atoms with van der Waals surface area (Å²) in [5.41, 5.74) is 3.66. The average molecular weight is 425 g/mol. The van der Waals surface area contributed by atoms with Crippen LogP contribution >= 0.6 is 11.3 Å². The maximum Gasteiger partial charge on any atom is 0.256 e. The van der Waals surface area contributed by atoms with E-state index in [4.69, 9.17) is 4.74 Å². The van der Waals surface area contributed by atoms with E-state index in [1.807, 2.05) is 24.3 Å². The van der Waals surface area contributed by atoms with Crippen molar-refractivity contribution in [3.05, 3.63) is 87.5 Å². The third kappa shape index (κ3) is 4.31. The molecule has 156 valence electrons. The fourth-order valence-electron chi connectivity index (χ4n) is 3.90. The van der Waals surface area contributed by atoms with Gasteiger partial charge in [0, 0.05) is 29.1 Å². The number of hydrogen-bond acceptors (Lipinski definition) is 4. The maximum atomic E-state index is 14.1. The number of amides is 1. The Labute approximate surface area is 180 Å². The van der Waals surface area contributed by atoms with Gasteiger partial charge in [0.2, 0.25) is 0 Å². The van der Waals surface area contributed by atoms with E-state index in [0.29, 0.717) is 18.8 Å². The molecule has 0 unspecified atom stereocenters. The molecule has 1 atom stereocenters. The van der Waals surface area contributed by atoms with Crippen LogP contribution in [0, 0.1) is 19.7 Å². The van der Waals surface area contributed by atoms with Crippen LogP contribution < -0.4 is 5.32 Å². The topological polar surface area (TPSA) is 41.6 Å². The number of ether oxygens (including phenoxy) is 1. The van der Waals surface area contributed by atoms with Crippen LogP contribution in [0.3, 0.4) is 0 Å². The molecular weight excluding hydrogens is 399 g/mol. The maximum absolute atomic E-state index is 14.1. The minimum absolute atomic E-state index is 0.141. The Morgan fingerprint density at radius 1 is 1.10 bits per heavy atom. The largest absolute Gasteiger partial charge is 0.379 e. The van der Waals surface area contributed by atoms with E-state index >= 15 is 0 Å². The summed E-state index contributed by atoms with van der Waals surface area (Å²) in [6.07, 6.45) is 0. The highest BCUT2D eigenvalue weighted by Crippen LogP contribution is 2.42. The monoisotopic (exact) mass is 424 g/mol. The van der Waals surface area contributed by atoms with Gasteiger partial charge in [-0.1, -0.05) is 30.3 Å². The van der Waals surface area contributed by atoms with Gasteiger partial charge in [-0.2, -0.15) is 0 Å². The minimum atomic E-state index is -0.259. The van der Waals surface area contributed by atoms with Crippen molar-refractivity contribution in [1.82, 2.24) is 4.90 Å². The quantitative estimate of drug-likeness (QED) is 0.614. The molecule has 0 aliphatic carbocycles. The van der Waals surface area contributed by atoms with Crippen molar-refractivity contribution in [2.45, 2.75) is 19.9 Å². The Bertz CT molecular complexity index is 1030. The third-order valence-corrected chi connectivity index (χ3v) is 6.68. The van der Waals surface area contributed by atoms with Crippen LogP contribution in [0.1, 0.15) is 38.0 Å². The lowest BCUT2D eigenvalue weighted by Crippen LogP contribution is -2.40. The number of carbonyl (C=O) groups is 1. The Morgan fingerprint density at radius 3 is 2.53 bits per heavy atom. The van der Waals surface area contributed by atoms with Crippen LogP contribution in [0.15, 0.2) is 54.6 Å². The average Bonchev–Trinajstić information content (AvgIpc) is 3.03. The lowest BCUT2D eigenvalue weighted by molar-refractivity contribution is 0.0240. The third-order valence-electron chi connectivity index (χ3n) is 5.54. The number of halogens is 1. The fraction of sp³-hybridized carbons (Fsp3) is 0.292. The molecule has 1 N–H and O–H groups in total. The van der Waals surface area contributed by atoms with Crippen molar-refractivity contribution in [3.63, 3.8) is 0 Å². The van der Waals surface area contributed by atoms with Gasteiger partial charge in [-0.25, -0.2) is 4.39 Å². The molecule has 30 heavy (non-hydrogen) atoms. The van der Waals surface area contributed by atoms with Crippen molar-refractivity contribution >= 4 is 22.2 Å². The molecule has 2 heterocycles. The Balaban J connectivity index is 1.77. The second-order valence-electron chi connectivity index (χ2n) is 7.45. The molecule has 1 aromatic heterocycles. The summed E-state index contributed by atoms with van der Waals surface area (Å²) in [6.45, 7) is 6.91. The number of morpholine rings is 1. The molecule has 1 saturated heterocycles. The number of benzene rings is 2. The van der Waals surface area contributed by atoms with Crippen molar-refractivity contribution in [2.24, 2.45) is 0 Å². The van der Waals surface area contributed by atoms with Gasteiger partial charge in [-0.3, -0.25) is 9.69 Å². The van der Waals surface area contributed by atoms with Crippen molar-refractivity contribution in [3.8, 4) is 0 Å². The first-order valence-electron chi connectivity index (χ1n) is 10.1. The van der Waals surface area contributed by atoms with Gasteiger partial charge < -0.3 is 10.1 Å². The number of aryl methyl sites for hydroxylation is 1. The number of rotatable bonds is 5. The zero-order valence-electron chi connectivity index (χ0n) is 17.2. The molecule has 3 aromatic rings. The first-order valence-corrected chi connectivity index (χ1v) is 10.9. The van der Waals surface area contributed by atoms with Gasteiger partial charge in [-0.15, -0.1) is 11.3 Å². The summed E-state index contributed by atoms with van der Waals surface area (Å²) in [7, 11) is 0. The highest BCUT2D eigenvalue weighted by atomic mass is 32.1. The number of nitrogens with zero attached hydrogens (tertiary/aromatic N) is 1. The molecule has 2 aromatic carbocycles. The summed E-state index contributed by atoms with van der Waals surface area (Å²) in [4.78, 5) is 16.3. The van der Waals surface area contributed by atoms with Gasteiger partial charge in [0.25, 0.3) is 5.91 Å². The van der Waals surface area contributed by atoms with Gasteiger partial charge in [0.05, 0.1) is 19.3 Å². The number of thiophene rings is 1. The van der Waals surface area contributed by atoms with E-state index in [1.165, 1.54) is 6.07 Å². The first kappa shape index (κ1) is 20.7. The lowest BCUT2D eigenvalue weighted by Gasteiger charge is -2.35. The predicted octanol–water partition coefficient (Wildman–Crippen LogP) is 5.18. The van der Waals surface area contributed by atoms with Gasteiger partial charge >= 0.3 is 0 Å². The molecule has 1 aliphatic heterocycles. The molecule has 1 fully saturated rings. The second kappa shape index (κ2) is 9.08. The van der Waals surface area contributed by atoms with Crippen LogP contribution in [0.5, 0.6) is 0 Å². The van der Waals surface area contributed by atoms with Crippen LogP contribution in [-0.4, -0.2) is 37.1 Å². The second-order valence-corrected chi connectivity index (χ2v) is 8.68. The molecule has 4 nitrogen and oxygen atoms in total. The van der Waals surface area contributed by atoms with Gasteiger partial charge in [0.15, 0.2) is 0 Å². The van der Waals surface area contributed by atoms with E-state index < -0.39 is 0 Å². The highest BCUT2D eigenvalue weighted by molar-refractivity contribution is 7.16. The molecule has 6 heteroatoms. The summed E-state index contributed by atoms with van der Waals surface area (Å²) in [5.74, 6) is -0.400. The molecule has 0 bridgehead atoms. The van der Waals surface area contributed by atoms with E-state index in [0.717, 1.165) is 39.7 Å². The van der Waals surface area contributed by atoms with Crippen molar-refractivity contribution in [1.29, 1.82) is 0 Å². The molecule has 4 rings (SSSR count). The number of carbonyl (C=O) groups excluding carboxylic acids is 1. The van der Waals surface area contributed by atoms with Crippen LogP contribution in [0.4, 0.5) is 9.39 Å². The van der Waals surface area contributed by atoms with E-state index in [9.17, 15) is 9.18 Å². The molecule has 0 radical (unpaired) electrons. The molecule has 0 saturated carbocycles. The molecule has 0 spiro atoms. The minimum Gasteiger partial charge on any atom is -0.379 e. The standard InChI is InChI=1S/C24H25FN2O2S/c1-16-17(2)30-24(26-23(28)18-7-4-3-5-8-18)21(16)22(27-11-13-29-14-12-27)19-9-6-10-20(25)15-19/h3-10,15,22H,11-14H2,1-2H3,(H,26,28)/t22-/m1/s1. The normalized spacial score (nSPS) is 15.7. The Kier molecular flexibility index (Phi) is 6.27. The van der Waals surface area contributed by atoms with E-state index in [1.54, 1.807) is 35.6 Å². The SMILES string of the molecule is Cc1sc(NC(=O)c2ccccc2)c([C@@H](c2cccc(F)c2)N2CCOCC2)c1C. The fourth-order valence-corrected chi connectivity index (χ4v) is 4.99. The zero-order chi connectivity index (χ0) is 21.1. The molecule has 1 amide bonds. The van der Waals surface area contributed by atoms with E-state index in [2.05, 4.69) is 24.1 Å². The van der Waals surface area contributed by atoms with Gasteiger partial charge in [0.1, 0.15) is 10.8 Å². The van der Waals surface area contributed by atoms with Crippen molar-refractivity contribution in [2.75, 3.05) is 31.6 Å². The zero-order valence-corrected chi connectivity index (χ0v) is 18.0.